The van der Waals surface area contributed by atoms with E-state index in [1.165, 1.54) is 37.4 Å². The van der Waals surface area contributed by atoms with Crippen LogP contribution in [0.1, 0.15) is 40.1 Å². The largest absolute Gasteiger partial charge is 0.490 e. The van der Waals surface area contributed by atoms with Gasteiger partial charge < -0.3 is 19.5 Å². The molecule has 0 aliphatic carbocycles. The van der Waals surface area contributed by atoms with Crippen molar-refractivity contribution in [2.75, 3.05) is 25.6 Å². The molecule has 7 nitrogen and oxygen atoms in total. The van der Waals surface area contributed by atoms with E-state index < -0.39 is 11.9 Å². The van der Waals surface area contributed by atoms with Crippen LogP contribution in [0.4, 0.5) is 5.69 Å². The molecule has 1 N–H and O–H groups in total. The van der Waals surface area contributed by atoms with Crippen LogP contribution in [0.15, 0.2) is 36.4 Å². The molecule has 0 aliphatic heterocycles. The molecule has 140 valence electrons. The fraction of sp³-hybridized carbons (Fsp3) is 0.250. The van der Waals surface area contributed by atoms with Crippen molar-refractivity contribution in [1.29, 1.82) is 5.26 Å². The molecular weight excluding hydrogens is 348 g/mol. The van der Waals surface area contributed by atoms with E-state index in [0.717, 1.165) is 0 Å². The van der Waals surface area contributed by atoms with Crippen LogP contribution in [0.2, 0.25) is 0 Å². The Morgan fingerprint density at radius 3 is 2.07 bits per heavy atom. The molecule has 2 aromatic carbocycles. The zero-order chi connectivity index (χ0) is 19.8. The third-order valence-corrected chi connectivity index (χ3v) is 3.62. The Hall–Kier alpha value is -3.53. The molecule has 7 heteroatoms. The molecule has 2 aromatic rings. The Kier molecular flexibility index (Phi) is 6.78. The average Bonchev–Trinajstić information content (AvgIpc) is 2.69. The van der Waals surface area contributed by atoms with Crippen molar-refractivity contribution < 1.29 is 23.8 Å². The number of nitrogens with one attached hydrogen (secondary N) is 1. The molecule has 0 saturated carbocycles. The van der Waals surface area contributed by atoms with Gasteiger partial charge in [-0.15, -0.1) is 0 Å². The third-order valence-electron chi connectivity index (χ3n) is 3.62. The summed E-state index contributed by atoms with van der Waals surface area (Å²) >= 11 is 0. The van der Waals surface area contributed by atoms with Gasteiger partial charge >= 0.3 is 5.97 Å². The van der Waals surface area contributed by atoms with Crippen molar-refractivity contribution in [3.63, 3.8) is 0 Å². The topological polar surface area (TPSA) is 97.7 Å². The number of ether oxygens (including phenoxy) is 3. The van der Waals surface area contributed by atoms with Crippen molar-refractivity contribution >= 4 is 17.6 Å². The van der Waals surface area contributed by atoms with E-state index in [-0.39, 0.29) is 5.56 Å². The van der Waals surface area contributed by atoms with E-state index >= 15 is 0 Å². The Labute approximate surface area is 157 Å². The van der Waals surface area contributed by atoms with Crippen LogP contribution >= 0.6 is 0 Å². The van der Waals surface area contributed by atoms with Gasteiger partial charge in [-0.25, -0.2) is 4.79 Å². The van der Waals surface area contributed by atoms with E-state index in [2.05, 4.69) is 10.1 Å². The highest BCUT2D eigenvalue weighted by Gasteiger charge is 2.15. The number of hydrogen-bond acceptors (Lipinski definition) is 6. The zero-order valence-electron chi connectivity index (χ0n) is 15.4. The molecular formula is C20H20N2O5. The monoisotopic (exact) mass is 368 g/mol. The van der Waals surface area contributed by atoms with Gasteiger partial charge in [-0.1, -0.05) is 0 Å². The first-order chi connectivity index (χ1) is 13.0. The van der Waals surface area contributed by atoms with Crippen LogP contribution in [0.3, 0.4) is 0 Å². The number of hydrogen-bond donors (Lipinski definition) is 1. The number of nitriles is 1. The molecule has 0 bridgehead atoms. The second kappa shape index (κ2) is 9.25. The molecule has 0 atom stereocenters. The number of carbonyl (C=O) groups excluding carboxylic acids is 2. The van der Waals surface area contributed by atoms with Crippen molar-refractivity contribution in [3.8, 4) is 17.6 Å². The molecule has 1 amide bonds. The second-order valence-corrected chi connectivity index (χ2v) is 5.35. The first-order valence-corrected chi connectivity index (χ1v) is 8.37. The summed E-state index contributed by atoms with van der Waals surface area (Å²) < 4.78 is 15.7. The molecule has 0 heterocycles. The van der Waals surface area contributed by atoms with Gasteiger partial charge in [0.15, 0.2) is 11.5 Å². The minimum Gasteiger partial charge on any atom is -0.490 e. The summed E-state index contributed by atoms with van der Waals surface area (Å²) in [5, 5.41) is 12.1. The van der Waals surface area contributed by atoms with Gasteiger partial charge in [0.2, 0.25) is 0 Å². The van der Waals surface area contributed by atoms with Gasteiger partial charge in [-0.3, -0.25) is 4.79 Å². The molecule has 0 aromatic heterocycles. The number of anilines is 1. The highest BCUT2D eigenvalue weighted by atomic mass is 16.5. The summed E-state index contributed by atoms with van der Waals surface area (Å²) in [6, 6.07) is 11.1. The van der Waals surface area contributed by atoms with Crippen LogP contribution < -0.4 is 14.8 Å². The van der Waals surface area contributed by atoms with Crippen LogP contribution in [0.5, 0.6) is 11.5 Å². The molecule has 0 fully saturated rings. The van der Waals surface area contributed by atoms with E-state index in [9.17, 15) is 14.9 Å². The maximum Gasteiger partial charge on any atom is 0.337 e. The predicted octanol–water partition coefficient (Wildman–Crippen LogP) is 3.39. The molecule has 0 spiro atoms. The molecule has 2 rings (SSSR count). The third kappa shape index (κ3) is 4.76. The summed E-state index contributed by atoms with van der Waals surface area (Å²) in [6.07, 6.45) is 0. The van der Waals surface area contributed by atoms with Crippen molar-refractivity contribution in [1.82, 2.24) is 0 Å². The highest BCUT2D eigenvalue weighted by Crippen LogP contribution is 2.34. The minimum absolute atomic E-state index is 0.251. The summed E-state index contributed by atoms with van der Waals surface area (Å²) in [7, 11) is 1.29. The molecule has 0 saturated heterocycles. The van der Waals surface area contributed by atoms with E-state index in [1.807, 2.05) is 19.9 Å². The first-order valence-electron chi connectivity index (χ1n) is 8.37. The molecule has 27 heavy (non-hydrogen) atoms. The minimum atomic E-state index is -0.485. The van der Waals surface area contributed by atoms with E-state index in [1.54, 1.807) is 6.07 Å². The fourth-order valence-electron chi connectivity index (χ4n) is 2.36. The normalized spacial score (nSPS) is 9.85. The molecule has 0 unspecified atom stereocenters. The van der Waals surface area contributed by atoms with Gasteiger partial charge in [-0.05, 0) is 38.1 Å². The predicted molar refractivity (Wildman–Crippen MR) is 99.2 cm³/mol. The summed E-state index contributed by atoms with van der Waals surface area (Å²) in [5.74, 6) is -0.0258. The quantitative estimate of drug-likeness (QED) is 0.752. The molecule has 0 radical (unpaired) electrons. The number of rotatable bonds is 7. The number of esters is 1. The lowest BCUT2D eigenvalue weighted by Gasteiger charge is -2.14. The first kappa shape index (κ1) is 19.8. The summed E-state index contributed by atoms with van der Waals surface area (Å²) in [6.45, 7) is 4.49. The van der Waals surface area contributed by atoms with Gasteiger partial charge in [0, 0.05) is 17.7 Å². The lowest BCUT2D eigenvalue weighted by Crippen LogP contribution is -2.14. The number of benzene rings is 2. The van der Waals surface area contributed by atoms with Gasteiger partial charge in [0.05, 0.1) is 37.1 Å². The SMILES string of the molecule is CCOc1cc(C#N)c(NC(=O)c2ccc(C(=O)OC)cc2)cc1OCC. The number of methoxy groups -OCH3 is 1. The van der Waals surface area contributed by atoms with Crippen molar-refractivity contribution in [2.45, 2.75) is 13.8 Å². The number of nitrogens with zero attached hydrogens (tertiary/aromatic N) is 1. The Bertz CT molecular complexity index is 869. The van der Waals surface area contributed by atoms with Crippen molar-refractivity contribution in [3.05, 3.63) is 53.1 Å². The fourth-order valence-corrected chi connectivity index (χ4v) is 2.36. The van der Waals surface area contributed by atoms with E-state index in [0.29, 0.717) is 41.5 Å². The Balaban J connectivity index is 2.29. The number of carbonyl (C=O) groups is 2. The Morgan fingerprint density at radius 2 is 1.56 bits per heavy atom. The smallest absolute Gasteiger partial charge is 0.337 e. The second-order valence-electron chi connectivity index (χ2n) is 5.35. The Morgan fingerprint density at radius 1 is 1.00 bits per heavy atom. The van der Waals surface area contributed by atoms with Crippen LogP contribution in [0, 0.1) is 11.3 Å². The van der Waals surface area contributed by atoms with Crippen molar-refractivity contribution in [2.24, 2.45) is 0 Å². The maximum absolute atomic E-state index is 12.5. The van der Waals surface area contributed by atoms with E-state index in [4.69, 9.17) is 9.47 Å². The number of amides is 1. The van der Waals surface area contributed by atoms with Gasteiger partial charge in [-0.2, -0.15) is 5.26 Å². The van der Waals surface area contributed by atoms with Gasteiger partial charge in [0.1, 0.15) is 6.07 Å². The van der Waals surface area contributed by atoms with Gasteiger partial charge in [0.25, 0.3) is 5.91 Å². The highest BCUT2D eigenvalue weighted by molar-refractivity contribution is 6.05. The maximum atomic E-state index is 12.5. The van der Waals surface area contributed by atoms with Crippen LogP contribution in [0.25, 0.3) is 0 Å². The lowest BCUT2D eigenvalue weighted by atomic mass is 10.1. The lowest BCUT2D eigenvalue weighted by molar-refractivity contribution is 0.0600. The molecule has 0 aliphatic rings. The zero-order valence-corrected chi connectivity index (χ0v) is 15.4. The van der Waals surface area contributed by atoms with Crippen LogP contribution in [-0.2, 0) is 4.74 Å². The average molecular weight is 368 g/mol. The summed E-state index contributed by atoms with van der Waals surface area (Å²) in [5.41, 5.74) is 1.23. The standard InChI is InChI=1S/C20H20N2O5/c1-4-26-17-10-15(12-21)16(11-18(17)27-5-2)22-19(23)13-6-8-14(9-7-13)20(24)25-3/h6-11H,4-5H2,1-3H3,(H,22,23). The van der Waals surface area contributed by atoms with Crippen LogP contribution in [-0.4, -0.2) is 32.2 Å². The summed E-state index contributed by atoms with van der Waals surface area (Å²) in [4.78, 5) is 24.0.